The number of ether oxygens (including phenoxy) is 1. The Morgan fingerprint density at radius 2 is 1.81 bits per heavy atom. The van der Waals surface area contributed by atoms with E-state index in [0.29, 0.717) is 21.4 Å². The third-order valence-corrected chi connectivity index (χ3v) is 4.36. The van der Waals surface area contributed by atoms with Crippen molar-refractivity contribution in [3.05, 3.63) is 89.2 Å². The van der Waals surface area contributed by atoms with Crippen molar-refractivity contribution in [3.8, 4) is 5.75 Å². The van der Waals surface area contributed by atoms with Crippen LogP contribution in [0.3, 0.4) is 0 Å². The predicted octanol–water partition coefficient (Wildman–Crippen LogP) is 4.82. The predicted molar refractivity (Wildman–Crippen MR) is 125 cm³/mol. The third kappa shape index (κ3) is 7.06. The SMILES string of the molecule is O=C(COc1ccc(C=NNC(=S)Nc2ccccc2)cc1Cl)Nc1ccccc1F. The summed E-state index contributed by atoms with van der Waals surface area (Å²) in [4.78, 5) is 12.0. The van der Waals surface area contributed by atoms with Crippen LogP contribution in [0.4, 0.5) is 15.8 Å². The minimum Gasteiger partial charge on any atom is -0.482 e. The van der Waals surface area contributed by atoms with Gasteiger partial charge in [-0.1, -0.05) is 41.9 Å². The van der Waals surface area contributed by atoms with Crippen LogP contribution in [0.1, 0.15) is 5.56 Å². The summed E-state index contributed by atoms with van der Waals surface area (Å²) >= 11 is 11.4. The van der Waals surface area contributed by atoms with E-state index in [1.807, 2.05) is 30.3 Å². The summed E-state index contributed by atoms with van der Waals surface area (Å²) in [5.74, 6) is -0.711. The zero-order valence-corrected chi connectivity index (χ0v) is 17.7. The molecule has 0 saturated carbocycles. The van der Waals surface area contributed by atoms with Crippen LogP contribution in [0.2, 0.25) is 5.02 Å². The number of anilines is 2. The molecule has 9 heteroatoms. The van der Waals surface area contributed by atoms with Crippen molar-refractivity contribution in [2.45, 2.75) is 0 Å². The largest absolute Gasteiger partial charge is 0.482 e. The number of nitrogens with one attached hydrogen (secondary N) is 3. The van der Waals surface area contributed by atoms with Crippen molar-refractivity contribution in [1.82, 2.24) is 5.43 Å². The second-order valence-corrected chi connectivity index (χ2v) is 7.01. The Kier molecular flexibility index (Phi) is 7.91. The number of carbonyl (C=O) groups is 1. The number of thiocarbonyl (C=S) groups is 1. The number of halogens is 2. The van der Waals surface area contributed by atoms with Crippen LogP contribution in [0.5, 0.6) is 5.75 Å². The summed E-state index contributed by atoms with van der Waals surface area (Å²) in [6.07, 6.45) is 1.54. The zero-order chi connectivity index (χ0) is 22.1. The molecule has 3 N–H and O–H groups in total. The molecule has 3 aromatic carbocycles. The van der Waals surface area contributed by atoms with Gasteiger partial charge in [0, 0.05) is 5.69 Å². The van der Waals surface area contributed by atoms with Gasteiger partial charge in [-0.15, -0.1) is 0 Å². The summed E-state index contributed by atoms with van der Waals surface area (Å²) in [5, 5.41) is 10.1. The lowest BCUT2D eigenvalue weighted by atomic mass is 10.2. The van der Waals surface area contributed by atoms with Crippen LogP contribution in [0.25, 0.3) is 0 Å². The van der Waals surface area contributed by atoms with Gasteiger partial charge in [0.15, 0.2) is 11.7 Å². The van der Waals surface area contributed by atoms with Gasteiger partial charge in [0.2, 0.25) is 0 Å². The molecule has 0 aromatic heterocycles. The van der Waals surface area contributed by atoms with Gasteiger partial charge >= 0.3 is 0 Å². The van der Waals surface area contributed by atoms with E-state index in [-0.39, 0.29) is 12.3 Å². The van der Waals surface area contributed by atoms with E-state index in [1.54, 1.807) is 30.5 Å². The van der Waals surface area contributed by atoms with Crippen molar-refractivity contribution in [1.29, 1.82) is 0 Å². The molecular formula is C22H18ClFN4O2S. The Morgan fingerprint density at radius 1 is 1.06 bits per heavy atom. The van der Waals surface area contributed by atoms with E-state index in [2.05, 4.69) is 21.2 Å². The van der Waals surface area contributed by atoms with Gasteiger partial charge in [0.05, 0.1) is 16.9 Å². The van der Waals surface area contributed by atoms with E-state index >= 15 is 0 Å². The topological polar surface area (TPSA) is 74.8 Å². The number of carbonyl (C=O) groups excluding carboxylic acids is 1. The normalized spacial score (nSPS) is 10.5. The minimum atomic E-state index is -0.524. The van der Waals surface area contributed by atoms with Crippen LogP contribution < -0.4 is 20.8 Å². The number of hydrazone groups is 1. The smallest absolute Gasteiger partial charge is 0.262 e. The number of hydrogen-bond donors (Lipinski definition) is 3. The van der Waals surface area contributed by atoms with Gasteiger partial charge in [-0.05, 0) is 60.2 Å². The molecule has 0 bridgehead atoms. The fraction of sp³-hybridized carbons (Fsp3) is 0.0455. The molecule has 0 atom stereocenters. The second-order valence-electron chi connectivity index (χ2n) is 6.20. The minimum absolute atomic E-state index is 0.0842. The van der Waals surface area contributed by atoms with Crippen LogP contribution in [0.15, 0.2) is 77.9 Å². The van der Waals surface area contributed by atoms with Gasteiger partial charge in [-0.25, -0.2) is 4.39 Å². The Balaban J connectivity index is 1.49. The summed E-state index contributed by atoms with van der Waals surface area (Å²) in [6, 6.07) is 20.3. The number of rotatable bonds is 7. The van der Waals surface area contributed by atoms with Crippen LogP contribution in [0, 0.1) is 5.82 Å². The number of hydrogen-bond acceptors (Lipinski definition) is 4. The molecule has 3 aromatic rings. The molecule has 0 saturated heterocycles. The molecule has 0 fully saturated rings. The summed E-state index contributed by atoms with van der Waals surface area (Å²) in [7, 11) is 0. The van der Waals surface area contributed by atoms with E-state index in [4.69, 9.17) is 28.6 Å². The van der Waals surface area contributed by atoms with E-state index in [9.17, 15) is 9.18 Å². The summed E-state index contributed by atoms with van der Waals surface area (Å²) < 4.78 is 19.0. The molecule has 0 aliphatic heterocycles. The zero-order valence-electron chi connectivity index (χ0n) is 16.1. The molecule has 0 aliphatic carbocycles. The molecule has 0 aliphatic rings. The van der Waals surface area contributed by atoms with Crippen LogP contribution in [-0.4, -0.2) is 23.8 Å². The number of nitrogens with zero attached hydrogens (tertiary/aromatic N) is 1. The van der Waals surface area contributed by atoms with Crippen molar-refractivity contribution in [3.63, 3.8) is 0 Å². The first-order valence-corrected chi connectivity index (χ1v) is 9.92. The van der Waals surface area contributed by atoms with Crippen molar-refractivity contribution in [2.75, 3.05) is 17.2 Å². The lowest BCUT2D eigenvalue weighted by Gasteiger charge is -2.10. The van der Waals surface area contributed by atoms with Crippen molar-refractivity contribution in [2.24, 2.45) is 5.10 Å². The Hall–Kier alpha value is -3.49. The average Bonchev–Trinajstić information content (AvgIpc) is 2.75. The van der Waals surface area contributed by atoms with Gasteiger partial charge in [-0.2, -0.15) is 5.10 Å². The molecule has 0 heterocycles. The van der Waals surface area contributed by atoms with Crippen molar-refractivity contribution < 1.29 is 13.9 Å². The fourth-order valence-electron chi connectivity index (χ4n) is 2.45. The van der Waals surface area contributed by atoms with Gasteiger partial charge in [0.25, 0.3) is 5.91 Å². The highest BCUT2D eigenvalue weighted by Crippen LogP contribution is 2.25. The van der Waals surface area contributed by atoms with E-state index < -0.39 is 11.7 Å². The quantitative estimate of drug-likeness (QED) is 0.270. The molecule has 31 heavy (non-hydrogen) atoms. The molecule has 0 spiro atoms. The lowest BCUT2D eigenvalue weighted by Crippen LogP contribution is -2.23. The summed E-state index contributed by atoms with van der Waals surface area (Å²) in [6.45, 7) is -0.317. The molecule has 0 unspecified atom stereocenters. The first-order valence-electron chi connectivity index (χ1n) is 9.13. The highest BCUT2D eigenvalue weighted by Gasteiger charge is 2.09. The Labute approximate surface area is 189 Å². The fourth-order valence-corrected chi connectivity index (χ4v) is 2.87. The third-order valence-electron chi connectivity index (χ3n) is 3.87. The number of benzene rings is 3. The maximum Gasteiger partial charge on any atom is 0.262 e. The van der Waals surface area contributed by atoms with Gasteiger partial charge in [-0.3, -0.25) is 10.2 Å². The van der Waals surface area contributed by atoms with Crippen molar-refractivity contribution >= 4 is 52.4 Å². The number of amides is 1. The Bertz CT molecular complexity index is 1100. The van der Waals surface area contributed by atoms with Crippen LogP contribution >= 0.6 is 23.8 Å². The highest BCUT2D eigenvalue weighted by molar-refractivity contribution is 7.80. The van der Waals surface area contributed by atoms with E-state index in [1.165, 1.54) is 18.2 Å². The average molecular weight is 457 g/mol. The lowest BCUT2D eigenvalue weighted by molar-refractivity contribution is -0.118. The molecule has 158 valence electrons. The molecular weight excluding hydrogens is 439 g/mol. The van der Waals surface area contributed by atoms with Gasteiger partial charge < -0.3 is 15.4 Å². The Morgan fingerprint density at radius 3 is 2.55 bits per heavy atom. The molecule has 0 radical (unpaired) electrons. The van der Waals surface area contributed by atoms with E-state index in [0.717, 1.165) is 5.69 Å². The maximum absolute atomic E-state index is 13.6. The first kappa shape index (κ1) is 22.2. The van der Waals surface area contributed by atoms with Crippen LogP contribution in [-0.2, 0) is 4.79 Å². The highest BCUT2D eigenvalue weighted by atomic mass is 35.5. The standard InChI is InChI=1S/C22H18ClFN4O2S/c23-17-12-15(13-25-28-22(31)26-16-6-2-1-3-7-16)10-11-20(17)30-14-21(29)27-19-9-5-4-8-18(19)24/h1-13H,14H2,(H,27,29)(H2,26,28,31). The monoisotopic (exact) mass is 456 g/mol. The second kappa shape index (κ2) is 11.1. The molecule has 3 rings (SSSR count). The summed E-state index contributed by atoms with van der Waals surface area (Å²) in [5.41, 5.74) is 4.34. The molecule has 6 nitrogen and oxygen atoms in total. The molecule has 1 amide bonds. The van der Waals surface area contributed by atoms with Gasteiger partial charge in [0.1, 0.15) is 11.6 Å². The number of para-hydroxylation sites is 2. The maximum atomic E-state index is 13.6. The first-order chi connectivity index (χ1) is 15.0.